The van der Waals surface area contributed by atoms with Crippen LogP contribution in [0.4, 0.5) is 17.1 Å². The molecule has 0 atom stereocenters. The number of aromatic nitrogens is 1. The Morgan fingerprint density at radius 3 is 1.77 bits per heavy atom. The van der Waals surface area contributed by atoms with Crippen molar-refractivity contribution in [3.63, 3.8) is 0 Å². The van der Waals surface area contributed by atoms with Crippen molar-refractivity contribution < 1.29 is 35.1 Å². The summed E-state index contributed by atoms with van der Waals surface area (Å²) in [6.07, 6.45) is 12.5. The first-order valence-electron chi connectivity index (χ1n) is 27.3. The van der Waals surface area contributed by atoms with E-state index in [-0.39, 0.29) is 25.1 Å². The van der Waals surface area contributed by atoms with E-state index in [1.54, 1.807) is 0 Å². The summed E-state index contributed by atoms with van der Waals surface area (Å²) < 4.78 is 80.1. The van der Waals surface area contributed by atoms with Crippen LogP contribution in [-0.4, -0.2) is 61.6 Å². The average Bonchev–Trinajstić information content (AvgIpc) is 4.21. The summed E-state index contributed by atoms with van der Waals surface area (Å²) in [6.45, 7) is 13.4. The average molecular weight is 1220 g/mol. The van der Waals surface area contributed by atoms with Crippen molar-refractivity contribution in [1.29, 1.82) is 0 Å². The van der Waals surface area contributed by atoms with Crippen molar-refractivity contribution in [1.82, 2.24) is 4.57 Å². The standard InChI is InChI=1S/C38H37NO8S2.C26H27Cl4N3/c1-2-27(23-37-32(15-9-21-48(40,41)42)33-25-30(16-18-35(33)46-37)28-11-5-3-6-12-28)24-38-39(20-10-22-49(43,44)45)34-26-31(17-19-36(34)47-38)29-13-7-4-8-14-29;1-5-16-17-12-18(27)19(28)13-23(17)31(6-2)22(16)10-9-11-26-32(7-3)24-14-20(29)21(30)15-25(24)33(26)8-4/h3-8,11-14,16-19,23-26H,2,9-10,15,20-22H2,1H3,(H,40,41,42)(H,43,44,45);9-15H,5-8H2,1-4H3/b27-23-,38-24-;10-9+. The number of hydrogen-bond acceptors (Lipinski definition) is 9. The predicted octanol–water partition coefficient (Wildman–Crippen LogP) is 17.5. The van der Waals surface area contributed by atoms with Gasteiger partial charge in [-0.1, -0.05) is 139 Å². The third-order valence-electron chi connectivity index (χ3n) is 14.6. The predicted molar refractivity (Wildman–Crippen MR) is 340 cm³/mol. The van der Waals surface area contributed by atoms with Crippen molar-refractivity contribution in [2.45, 2.75) is 73.3 Å². The maximum atomic E-state index is 11.6. The molecule has 2 aliphatic heterocycles. The monoisotopic (exact) mass is 1220 g/mol. The highest BCUT2D eigenvalue weighted by Crippen LogP contribution is 2.46. The molecule has 2 aliphatic rings. The van der Waals surface area contributed by atoms with Gasteiger partial charge in [-0.15, -0.1) is 0 Å². The van der Waals surface area contributed by atoms with Crippen LogP contribution in [0, 0.1) is 0 Å². The fraction of sp³-hybridized carbons (Fsp3) is 0.250. The highest BCUT2D eigenvalue weighted by Gasteiger charge is 2.31. The van der Waals surface area contributed by atoms with Crippen molar-refractivity contribution in [3.05, 3.63) is 200 Å². The van der Waals surface area contributed by atoms with E-state index in [0.717, 1.165) is 98.6 Å². The van der Waals surface area contributed by atoms with Crippen LogP contribution in [0.5, 0.6) is 5.75 Å². The Labute approximate surface area is 500 Å². The summed E-state index contributed by atoms with van der Waals surface area (Å²) in [5.74, 6) is 2.03. The number of furan rings is 1. The molecule has 0 amide bonds. The van der Waals surface area contributed by atoms with Crippen molar-refractivity contribution in [2.24, 2.45) is 0 Å². The smallest absolute Gasteiger partial charge is 0.264 e. The van der Waals surface area contributed by atoms with Gasteiger partial charge in [0.1, 0.15) is 17.2 Å². The molecular weight excluding hydrogens is 1160 g/mol. The molecule has 0 fully saturated rings. The van der Waals surface area contributed by atoms with Gasteiger partial charge in [-0.05, 0) is 153 Å². The number of rotatable bonds is 19. The molecule has 12 nitrogen and oxygen atoms in total. The normalized spacial score (nSPS) is 14.1. The molecule has 82 heavy (non-hydrogen) atoms. The molecule has 0 spiro atoms. The van der Waals surface area contributed by atoms with Gasteiger partial charge in [0, 0.05) is 54.3 Å². The van der Waals surface area contributed by atoms with E-state index in [2.05, 4.69) is 60.3 Å². The second kappa shape index (κ2) is 26.0. The molecule has 0 saturated heterocycles. The van der Waals surface area contributed by atoms with Gasteiger partial charge in [-0.25, -0.2) is 0 Å². The third kappa shape index (κ3) is 13.5. The van der Waals surface area contributed by atoms with Crippen LogP contribution in [0.2, 0.25) is 20.1 Å². The highest BCUT2D eigenvalue weighted by atomic mass is 35.5. The molecule has 2 N–H and O–H groups in total. The van der Waals surface area contributed by atoms with Gasteiger partial charge in [0.25, 0.3) is 20.2 Å². The topological polar surface area (TPSA) is 146 Å². The molecule has 10 rings (SSSR count). The molecule has 8 aromatic rings. The van der Waals surface area contributed by atoms with E-state index >= 15 is 0 Å². The van der Waals surface area contributed by atoms with E-state index in [0.29, 0.717) is 55.9 Å². The summed E-state index contributed by atoms with van der Waals surface area (Å²) in [5, 5.41) is 4.32. The zero-order chi connectivity index (χ0) is 58.5. The number of benzene rings is 6. The van der Waals surface area contributed by atoms with Gasteiger partial charge in [-0.2, -0.15) is 16.8 Å². The highest BCUT2D eigenvalue weighted by molar-refractivity contribution is 7.86. The lowest BCUT2D eigenvalue weighted by Crippen LogP contribution is -2.27. The fourth-order valence-electron chi connectivity index (χ4n) is 10.8. The number of aryl methyl sites for hydroxylation is 3. The molecule has 4 heterocycles. The second-order valence-electron chi connectivity index (χ2n) is 19.8. The molecule has 0 unspecified atom stereocenters. The molecule has 428 valence electrons. The lowest BCUT2D eigenvalue weighted by Gasteiger charge is -2.23. The quantitative estimate of drug-likeness (QED) is 0.0746. The SMILES string of the molecule is CCC(=C/c1oc2ccc(-c3ccccc3)cc2c1CCCS(=O)(=O)O)/C=C1\Oc2ccc(-c3ccccc3)cc2N1CCCS(=O)(=O)O.CCc1c(/C=C/C=C2N(CC)c3cc(Cl)c(Cl)cc3N2CC)n(CC)c2cc(Cl)c(Cl)cc12. The van der Waals surface area contributed by atoms with Gasteiger partial charge in [0.15, 0.2) is 5.75 Å². The number of allylic oxidation sites excluding steroid dienone is 4. The number of nitrogens with zero attached hydrogens (tertiary/aromatic N) is 4. The van der Waals surface area contributed by atoms with Gasteiger partial charge in [0.2, 0.25) is 5.88 Å². The molecule has 0 radical (unpaired) electrons. The van der Waals surface area contributed by atoms with Crippen LogP contribution in [0.15, 0.2) is 161 Å². The Morgan fingerprint density at radius 2 is 1.18 bits per heavy atom. The van der Waals surface area contributed by atoms with E-state index in [1.807, 2.05) is 145 Å². The van der Waals surface area contributed by atoms with Gasteiger partial charge in [0.05, 0.1) is 54.2 Å². The van der Waals surface area contributed by atoms with Gasteiger partial charge >= 0.3 is 0 Å². The van der Waals surface area contributed by atoms with E-state index in [9.17, 15) is 25.9 Å². The van der Waals surface area contributed by atoms with E-state index in [1.165, 1.54) is 11.3 Å². The second-order valence-corrected chi connectivity index (χ2v) is 24.6. The summed E-state index contributed by atoms with van der Waals surface area (Å²) in [5.41, 5.74) is 12.9. The number of hydrogen-bond donors (Lipinski definition) is 2. The first-order valence-corrected chi connectivity index (χ1v) is 32.1. The summed E-state index contributed by atoms with van der Waals surface area (Å²) in [6, 6.07) is 39.5. The summed E-state index contributed by atoms with van der Waals surface area (Å²) in [4.78, 5) is 6.44. The number of fused-ring (bicyclic) bond motifs is 4. The zero-order valence-electron chi connectivity index (χ0n) is 46.2. The summed E-state index contributed by atoms with van der Waals surface area (Å²) in [7, 11) is -8.29. The maximum absolute atomic E-state index is 11.6. The Balaban J connectivity index is 0.000000213. The number of ether oxygens (including phenoxy) is 1. The zero-order valence-corrected chi connectivity index (χ0v) is 50.8. The van der Waals surface area contributed by atoms with Gasteiger partial charge in [-0.3, -0.25) is 9.11 Å². The molecule has 0 saturated carbocycles. The third-order valence-corrected chi connectivity index (χ3v) is 17.7. The Kier molecular flexibility index (Phi) is 19.1. The van der Waals surface area contributed by atoms with Crippen LogP contribution >= 0.6 is 46.4 Å². The Hall–Kier alpha value is -6.46. The minimum Gasteiger partial charge on any atom is -0.456 e. The molecule has 0 bridgehead atoms. The number of anilines is 3. The first-order chi connectivity index (χ1) is 39.3. The van der Waals surface area contributed by atoms with Crippen molar-refractivity contribution in [2.75, 3.05) is 45.8 Å². The van der Waals surface area contributed by atoms with Crippen LogP contribution in [0.1, 0.15) is 76.5 Å². The molecule has 2 aromatic heterocycles. The Morgan fingerprint density at radius 1 is 0.598 bits per heavy atom. The molecular formula is C64H64Cl4N4O8S2. The molecule has 6 aromatic carbocycles. The van der Waals surface area contributed by atoms with Crippen LogP contribution in [0.3, 0.4) is 0 Å². The Bertz CT molecular complexity index is 3940. The fourth-order valence-corrected chi connectivity index (χ4v) is 12.4. The van der Waals surface area contributed by atoms with Gasteiger partial charge < -0.3 is 28.4 Å². The summed E-state index contributed by atoms with van der Waals surface area (Å²) >= 11 is 25.3. The van der Waals surface area contributed by atoms with E-state index < -0.39 is 26.0 Å². The largest absolute Gasteiger partial charge is 0.456 e. The van der Waals surface area contributed by atoms with Crippen molar-refractivity contribution in [3.8, 4) is 28.0 Å². The maximum Gasteiger partial charge on any atom is 0.264 e. The van der Waals surface area contributed by atoms with Crippen molar-refractivity contribution >= 4 is 118 Å². The first kappa shape index (κ1) is 60.1. The number of halogens is 4. The minimum atomic E-state index is -4.15. The van der Waals surface area contributed by atoms with E-state index in [4.69, 9.17) is 55.6 Å². The van der Waals surface area contributed by atoms with Crippen LogP contribution in [0.25, 0.3) is 56.3 Å². The van der Waals surface area contributed by atoms with Crippen LogP contribution in [-0.2, 0) is 39.6 Å². The molecule has 0 aliphatic carbocycles. The lowest BCUT2D eigenvalue weighted by atomic mass is 9.99. The lowest BCUT2D eigenvalue weighted by molar-refractivity contribution is 0.436. The minimum absolute atomic E-state index is 0.172. The van der Waals surface area contributed by atoms with Crippen LogP contribution < -0.4 is 19.4 Å². The molecule has 18 heteroatoms.